The SMILES string of the molecule is COCCN(C(=O)COc1cc(C)nc2c(C)cccc12)C1CCN(C)CC1. The van der Waals surface area contributed by atoms with E-state index in [4.69, 9.17) is 9.47 Å². The van der Waals surface area contributed by atoms with Crippen molar-refractivity contribution in [1.29, 1.82) is 0 Å². The Morgan fingerprint density at radius 3 is 2.75 bits per heavy atom. The van der Waals surface area contributed by atoms with Crippen LogP contribution in [0.2, 0.25) is 0 Å². The van der Waals surface area contributed by atoms with Gasteiger partial charge in [-0.3, -0.25) is 9.78 Å². The van der Waals surface area contributed by atoms with Gasteiger partial charge in [-0.25, -0.2) is 0 Å². The number of fused-ring (bicyclic) bond motifs is 1. The van der Waals surface area contributed by atoms with Crippen molar-refractivity contribution in [3.8, 4) is 5.75 Å². The van der Waals surface area contributed by atoms with Gasteiger partial charge in [-0.2, -0.15) is 0 Å². The second-order valence-corrected chi connectivity index (χ2v) is 7.64. The molecular weight excluding hydrogens is 354 g/mol. The van der Waals surface area contributed by atoms with Crippen LogP contribution in [0.3, 0.4) is 0 Å². The number of aryl methyl sites for hydroxylation is 2. The summed E-state index contributed by atoms with van der Waals surface area (Å²) in [6, 6.07) is 8.18. The smallest absolute Gasteiger partial charge is 0.260 e. The van der Waals surface area contributed by atoms with Crippen LogP contribution in [0.5, 0.6) is 5.75 Å². The van der Waals surface area contributed by atoms with Gasteiger partial charge in [0, 0.05) is 36.8 Å². The largest absolute Gasteiger partial charge is 0.483 e. The average molecular weight is 386 g/mol. The third-order valence-electron chi connectivity index (χ3n) is 5.47. The van der Waals surface area contributed by atoms with Gasteiger partial charge in [0.15, 0.2) is 6.61 Å². The first-order chi connectivity index (χ1) is 13.5. The van der Waals surface area contributed by atoms with E-state index in [1.165, 1.54) is 0 Å². The van der Waals surface area contributed by atoms with Gasteiger partial charge in [0.25, 0.3) is 5.91 Å². The summed E-state index contributed by atoms with van der Waals surface area (Å²) in [7, 11) is 3.79. The molecule has 1 aliphatic heterocycles. The molecule has 0 spiro atoms. The number of nitrogens with zero attached hydrogens (tertiary/aromatic N) is 3. The van der Waals surface area contributed by atoms with E-state index in [1.807, 2.05) is 43.0 Å². The maximum Gasteiger partial charge on any atom is 0.260 e. The third-order valence-corrected chi connectivity index (χ3v) is 5.47. The lowest BCUT2D eigenvalue weighted by atomic mass is 10.0. The van der Waals surface area contributed by atoms with Crippen molar-refractivity contribution in [3.63, 3.8) is 0 Å². The molecule has 1 saturated heterocycles. The summed E-state index contributed by atoms with van der Waals surface area (Å²) < 4.78 is 11.2. The van der Waals surface area contributed by atoms with Gasteiger partial charge >= 0.3 is 0 Å². The Balaban J connectivity index is 1.74. The number of likely N-dealkylation sites (tertiary alicyclic amines) is 1. The van der Waals surface area contributed by atoms with Crippen LogP contribution in [0.4, 0.5) is 0 Å². The van der Waals surface area contributed by atoms with E-state index >= 15 is 0 Å². The van der Waals surface area contributed by atoms with Gasteiger partial charge in [0.05, 0.1) is 12.1 Å². The fourth-order valence-electron chi connectivity index (χ4n) is 3.83. The molecule has 1 amide bonds. The summed E-state index contributed by atoms with van der Waals surface area (Å²) >= 11 is 0. The van der Waals surface area contributed by atoms with E-state index in [0.29, 0.717) is 13.2 Å². The molecule has 28 heavy (non-hydrogen) atoms. The van der Waals surface area contributed by atoms with Crippen molar-refractivity contribution in [2.45, 2.75) is 32.7 Å². The summed E-state index contributed by atoms with van der Waals surface area (Å²) in [5.41, 5.74) is 2.91. The number of hydrogen-bond acceptors (Lipinski definition) is 5. The van der Waals surface area contributed by atoms with Gasteiger partial charge in [0.1, 0.15) is 5.75 Å². The molecule has 152 valence electrons. The van der Waals surface area contributed by atoms with Gasteiger partial charge in [-0.1, -0.05) is 12.1 Å². The molecule has 0 atom stereocenters. The molecule has 1 aliphatic rings. The lowest BCUT2D eigenvalue weighted by Crippen LogP contribution is -2.49. The number of methoxy groups -OCH3 is 1. The molecule has 6 heteroatoms. The Morgan fingerprint density at radius 2 is 2.04 bits per heavy atom. The van der Waals surface area contributed by atoms with Crippen LogP contribution in [0, 0.1) is 13.8 Å². The van der Waals surface area contributed by atoms with Gasteiger partial charge in [-0.15, -0.1) is 0 Å². The monoisotopic (exact) mass is 385 g/mol. The molecule has 0 aliphatic carbocycles. The number of pyridine rings is 1. The number of benzene rings is 1. The highest BCUT2D eigenvalue weighted by Crippen LogP contribution is 2.27. The Kier molecular flexibility index (Phi) is 6.86. The van der Waals surface area contributed by atoms with Crippen molar-refractivity contribution < 1.29 is 14.3 Å². The molecule has 1 fully saturated rings. The van der Waals surface area contributed by atoms with Gasteiger partial charge < -0.3 is 19.3 Å². The van der Waals surface area contributed by atoms with Crippen LogP contribution in [0.1, 0.15) is 24.1 Å². The fraction of sp³-hybridized carbons (Fsp3) is 0.545. The summed E-state index contributed by atoms with van der Waals surface area (Å²) in [4.78, 5) is 21.9. The van der Waals surface area contributed by atoms with Crippen LogP contribution in [-0.2, 0) is 9.53 Å². The maximum atomic E-state index is 13.0. The highest BCUT2D eigenvalue weighted by atomic mass is 16.5. The van der Waals surface area contributed by atoms with Crippen LogP contribution >= 0.6 is 0 Å². The van der Waals surface area contributed by atoms with Crippen molar-refractivity contribution in [2.75, 3.05) is 47.0 Å². The van der Waals surface area contributed by atoms with Crippen molar-refractivity contribution >= 4 is 16.8 Å². The molecule has 0 N–H and O–H groups in total. The summed E-state index contributed by atoms with van der Waals surface area (Å²) in [6.07, 6.45) is 1.98. The van der Waals surface area contributed by atoms with Crippen molar-refractivity contribution in [3.05, 3.63) is 35.5 Å². The predicted molar refractivity (Wildman–Crippen MR) is 111 cm³/mol. The highest BCUT2D eigenvalue weighted by molar-refractivity contribution is 5.88. The number of carbonyl (C=O) groups excluding carboxylic acids is 1. The summed E-state index contributed by atoms with van der Waals surface area (Å²) in [6.45, 7) is 7.17. The molecule has 0 bridgehead atoms. The summed E-state index contributed by atoms with van der Waals surface area (Å²) in [5.74, 6) is 0.733. The quantitative estimate of drug-likeness (QED) is 0.734. The molecule has 6 nitrogen and oxygen atoms in total. The molecule has 0 saturated carbocycles. The number of rotatable bonds is 7. The van der Waals surface area contributed by atoms with E-state index < -0.39 is 0 Å². The van der Waals surface area contributed by atoms with Crippen molar-refractivity contribution in [1.82, 2.24) is 14.8 Å². The topological polar surface area (TPSA) is 54.9 Å². The Labute approximate surface area is 167 Å². The predicted octanol–water partition coefficient (Wildman–Crippen LogP) is 2.80. The van der Waals surface area contributed by atoms with Gasteiger partial charge in [-0.05, 0) is 58.5 Å². The lowest BCUT2D eigenvalue weighted by molar-refractivity contribution is -0.137. The molecule has 0 unspecified atom stereocenters. The van der Waals surface area contributed by atoms with E-state index in [1.54, 1.807) is 7.11 Å². The first-order valence-corrected chi connectivity index (χ1v) is 9.96. The molecule has 1 aromatic heterocycles. The van der Waals surface area contributed by atoms with Crippen LogP contribution in [0.15, 0.2) is 24.3 Å². The maximum absolute atomic E-state index is 13.0. The number of carbonyl (C=O) groups is 1. The molecular formula is C22H31N3O3. The van der Waals surface area contributed by atoms with Crippen LogP contribution in [0.25, 0.3) is 10.9 Å². The van der Waals surface area contributed by atoms with E-state index in [9.17, 15) is 4.79 Å². The molecule has 1 aromatic carbocycles. The average Bonchev–Trinajstić information content (AvgIpc) is 2.68. The number of piperidine rings is 1. The van der Waals surface area contributed by atoms with E-state index in [0.717, 1.165) is 53.8 Å². The summed E-state index contributed by atoms with van der Waals surface area (Å²) in [5, 5.41) is 0.945. The Morgan fingerprint density at radius 1 is 1.29 bits per heavy atom. The first-order valence-electron chi connectivity index (χ1n) is 9.96. The number of aromatic nitrogens is 1. The van der Waals surface area contributed by atoms with Crippen LogP contribution in [-0.4, -0.2) is 73.7 Å². The molecule has 3 rings (SSSR count). The standard InChI is InChI=1S/C22H31N3O3/c1-16-6-5-7-19-20(14-17(2)23-22(16)19)28-15-21(26)25(12-13-27-4)18-8-10-24(3)11-9-18/h5-7,14,18H,8-13,15H2,1-4H3. The number of ether oxygens (including phenoxy) is 2. The molecule has 2 heterocycles. The van der Waals surface area contributed by atoms with Crippen LogP contribution < -0.4 is 4.74 Å². The highest BCUT2D eigenvalue weighted by Gasteiger charge is 2.27. The van der Waals surface area contributed by atoms with E-state index in [-0.39, 0.29) is 18.6 Å². The minimum atomic E-state index is 0.0156. The van der Waals surface area contributed by atoms with Crippen molar-refractivity contribution in [2.24, 2.45) is 0 Å². The second kappa shape index (κ2) is 9.34. The number of para-hydroxylation sites is 1. The third kappa shape index (κ3) is 4.80. The Hall–Kier alpha value is -2.18. The Bertz CT molecular complexity index is 816. The first kappa shape index (κ1) is 20.6. The molecule has 0 radical (unpaired) electrons. The zero-order valence-electron chi connectivity index (χ0n) is 17.4. The number of hydrogen-bond donors (Lipinski definition) is 0. The minimum Gasteiger partial charge on any atom is -0.483 e. The van der Waals surface area contributed by atoms with Gasteiger partial charge in [0.2, 0.25) is 0 Å². The number of amides is 1. The normalized spacial score (nSPS) is 15.7. The zero-order chi connectivity index (χ0) is 20.1. The van der Waals surface area contributed by atoms with E-state index in [2.05, 4.69) is 16.9 Å². The zero-order valence-corrected chi connectivity index (χ0v) is 17.4. The molecule has 2 aromatic rings. The lowest BCUT2D eigenvalue weighted by Gasteiger charge is -2.37. The second-order valence-electron chi connectivity index (χ2n) is 7.64. The minimum absolute atomic E-state index is 0.0156. The fourth-order valence-corrected chi connectivity index (χ4v) is 3.83.